The fourth-order valence-corrected chi connectivity index (χ4v) is 4.80. The van der Waals surface area contributed by atoms with Crippen LogP contribution in [0, 0.1) is 12.3 Å². The number of carbonyl (C=O) groups is 1. The predicted molar refractivity (Wildman–Crippen MR) is 139 cm³/mol. The van der Waals surface area contributed by atoms with Crippen LogP contribution in [0.25, 0.3) is 0 Å². The van der Waals surface area contributed by atoms with Crippen LogP contribution in [0.2, 0.25) is 0 Å². The number of halogens is 3. The van der Waals surface area contributed by atoms with Crippen molar-refractivity contribution in [2.24, 2.45) is 5.41 Å². The van der Waals surface area contributed by atoms with E-state index < -0.39 is 23.1 Å². The van der Waals surface area contributed by atoms with Gasteiger partial charge in [0, 0.05) is 12.3 Å². The van der Waals surface area contributed by atoms with Gasteiger partial charge in [-0.1, -0.05) is 31.4 Å². The van der Waals surface area contributed by atoms with Crippen LogP contribution in [0.1, 0.15) is 73.4 Å². The molecule has 2 aromatic carbocycles. The van der Waals surface area contributed by atoms with E-state index in [2.05, 4.69) is 0 Å². The Labute approximate surface area is 226 Å². The number of alkyl halides is 3. The average molecular weight is 546 g/mol. The van der Waals surface area contributed by atoms with Gasteiger partial charge in [0.05, 0.1) is 17.9 Å². The Balaban J connectivity index is 1.29. The minimum Gasteiger partial charge on any atom is -0.493 e. The Morgan fingerprint density at radius 3 is 2.23 bits per heavy atom. The van der Waals surface area contributed by atoms with Crippen LogP contribution >= 0.6 is 0 Å². The van der Waals surface area contributed by atoms with E-state index in [9.17, 15) is 23.1 Å². The number of nitrogens with zero attached hydrogens (tertiary/aromatic N) is 1. The van der Waals surface area contributed by atoms with E-state index in [4.69, 9.17) is 18.9 Å². The molecule has 1 heterocycles. The van der Waals surface area contributed by atoms with Crippen LogP contribution in [-0.4, -0.2) is 29.3 Å². The first-order chi connectivity index (χ1) is 18.5. The lowest BCUT2D eigenvalue weighted by molar-refractivity contribution is -0.149. The molecule has 6 nitrogen and oxygen atoms in total. The summed E-state index contributed by atoms with van der Waals surface area (Å²) in [5, 5.41) is 9.84. The van der Waals surface area contributed by atoms with E-state index in [1.165, 1.54) is 31.4 Å². The van der Waals surface area contributed by atoms with Crippen molar-refractivity contribution in [1.29, 1.82) is 0 Å². The third-order valence-electron chi connectivity index (χ3n) is 7.24. The van der Waals surface area contributed by atoms with E-state index in [0.717, 1.165) is 47.9 Å². The van der Waals surface area contributed by atoms with Gasteiger partial charge in [-0.3, -0.25) is 4.79 Å². The molecule has 0 bridgehead atoms. The fourth-order valence-electron chi connectivity index (χ4n) is 4.80. The highest BCUT2D eigenvalue weighted by Crippen LogP contribution is 2.33. The topological polar surface area (TPSA) is 81.8 Å². The molecule has 210 valence electrons. The third kappa shape index (κ3) is 7.55. The standard InChI is InChI=1S/C30H34F3NO5/c1-20-26(34-27(39-20)22-6-4-3-5-7-22)16-17-37-24-12-8-21(9-13-24)18-29(2,28(35)36)19-38-25-14-10-23(11-15-25)30(31,32)33/h8-15,22H,3-7,16-19H2,1-2H3,(H,35,36)/t29-/m1/s1. The summed E-state index contributed by atoms with van der Waals surface area (Å²) < 4.78 is 55.7. The van der Waals surface area contributed by atoms with Crippen molar-refractivity contribution in [3.63, 3.8) is 0 Å². The monoisotopic (exact) mass is 545 g/mol. The zero-order valence-corrected chi connectivity index (χ0v) is 22.2. The molecule has 4 rings (SSSR count). The first kappa shape index (κ1) is 28.5. The first-order valence-corrected chi connectivity index (χ1v) is 13.2. The van der Waals surface area contributed by atoms with Gasteiger partial charge in [-0.25, -0.2) is 4.98 Å². The second kappa shape index (κ2) is 12.1. The molecular weight excluding hydrogens is 511 g/mol. The third-order valence-corrected chi connectivity index (χ3v) is 7.24. The highest BCUT2D eigenvalue weighted by molar-refractivity contribution is 5.74. The number of aryl methyl sites for hydroxylation is 1. The van der Waals surface area contributed by atoms with Crippen molar-refractivity contribution in [1.82, 2.24) is 4.98 Å². The SMILES string of the molecule is Cc1oc(C2CCCCC2)nc1CCOc1ccc(C[C@](C)(COc2ccc(C(F)(F)F)cc2)C(=O)O)cc1. The Hall–Kier alpha value is -3.49. The molecule has 1 fully saturated rings. The van der Waals surface area contributed by atoms with Crippen molar-refractivity contribution in [2.75, 3.05) is 13.2 Å². The molecule has 1 atom stereocenters. The molecule has 1 saturated carbocycles. The molecule has 0 aliphatic heterocycles. The van der Waals surface area contributed by atoms with E-state index in [-0.39, 0.29) is 18.8 Å². The summed E-state index contributed by atoms with van der Waals surface area (Å²) >= 11 is 0. The molecule has 0 amide bonds. The van der Waals surface area contributed by atoms with E-state index in [1.54, 1.807) is 31.2 Å². The van der Waals surface area contributed by atoms with E-state index >= 15 is 0 Å². The van der Waals surface area contributed by atoms with Gasteiger partial charge in [-0.2, -0.15) is 13.2 Å². The molecule has 1 aliphatic carbocycles. The molecule has 0 saturated heterocycles. The maximum atomic E-state index is 12.8. The van der Waals surface area contributed by atoms with Gasteiger partial charge < -0.3 is 19.0 Å². The van der Waals surface area contributed by atoms with Crippen LogP contribution in [0.5, 0.6) is 11.5 Å². The molecule has 1 N–H and O–H groups in total. The van der Waals surface area contributed by atoms with Gasteiger partial charge >= 0.3 is 12.1 Å². The molecule has 0 unspecified atom stereocenters. The van der Waals surface area contributed by atoms with Gasteiger partial charge in [0.1, 0.15) is 29.3 Å². The maximum absolute atomic E-state index is 12.8. The number of benzene rings is 2. The molecule has 3 aromatic rings. The molecule has 0 radical (unpaired) electrons. The number of carboxylic acids is 1. The zero-order valence-electron chi connectivity index (χ0n) is 22.2. The normalized spacial score (nSPS) is 16.0. The highest BCUT2D eigenvalue weighted by atomic mass is 19.4. The number of rotatable bonds is 11. The van der Waals surface area contributed by atoms with Crippen LogP contribution in [0.15, 0.2) is 52.9 Å². The largest absolute Gasteiger partial charge is 0.493 e. The lowest BCUT2D eigenvalue weighted by Gasteiger charge is -2.25. The number of aliphatic carboxylic acids is 1. The van der Waals surface area contributed by atoms with Gasteiger partial charge in [-0.05, 0) is 75.1 Å². The predicted octanol–water partition coefficient (Wildman–Crippen LogP) is 7.38. The molecule has 1 aliphatic rings. The summed E-state index contributed by atoms with van der Waals surface area (Å²) in [6.45, 7) is 3.71. The Morgan fingerprint density at radius 2 is 1.62 bits per heavy atom. The Morgan fingerprint density at radius 1 is 1.00 bits per heavy atom. The first-order valence-electron chi connectivity index (χ1n) is 13.2. The van der Waals surface area contributed by atoms with Gasteiger partial charge in [0.25, 0.3) is 0 Å². The summed E-state index contributed by atoms with van der Waals surface area (Å²) in [4.78, 5) is 16.8. The highest BCUT2D eigenvalue weighted by Gasteiger charge is 2.35. The summed E-state index contributed by atoms with van der Waals surface area (Å²) in [6.07, 6.45) is 2.33. The van der Waals surface area contributed by atoms with Crippen LogP contribution < -0.4 is 9.47 Å². The van der Waals surface area contributed by atoms with Crippen LogP contribution in [0.3, 0.4) is 0 Å². The lowest BCUT2D eigenvalue weighted by Crippen LogP contribution is -2.36. The van der Waals surface area contributed by atoms with Gasteiger partial charge in [-0.15, -0.1) is 0 Å². The maximum Gasteiger partial charge on any atom is 0.416 e. The fraction of sp³-hybridized carbons (Fsp3) is 0.467. The van der Waals surface area contributed by atoms with Gasteiger partial charge in [0.15, 0.2) is 5.89 Å². The quantitative estimate of drug-likeness (QED) is 0.271. The summed E-state index contributed by atoms with van der Waals surface area (Å²) in [5.74, 6) is 1.86. The van der Waals surface area contributed by atoms with Crippen molar-refractivity contribution >= 4 is 5.97 Å². The minimum absolute atomic E-state index is 0.172. The van der Waals surface area contributed by atoms with Crippen molar-refractivity contribution < 1.29 is 37.0 Å². The minimum atomic E-state index is -4.45. The number of aromatic nitrogens is 1. The molecule has 39 heavy (non-hydrogen) atoms. The Kier molecular flexibility index (Phi) is 8.87. The van der Waals surface area contributed by atoms with Crippen molar-refractivity contribution in [2.45, 2.75) is 70.9 Å². The second-order valence-electron chi connectivity index (χ2n) is 10.5. The van der Waals surface area contributed by atoms with Crippen molar-refractivity contribution in [3.05, 3.63) is 77.0 Å². The zero-order chi connectivity index (χ0) is 28.0. The summed E-state index contributed by atoms with van der Waals surface area (Å²) in [5.41, 5.74) is -0.394. The van der Waals surface area contributed by atoms with Gasteiger partial charge in [0.2, 0.25) is 0 Å². The van der Waals surface area contributed by atoms with Crippen molar-refractivity contribution in [3.8, 4) is 11.5 Å². The number of hydrogen-bond donors (Lipinski definition) is 1. The average Bonchev–Trinajstić information content (AvgIpc) is 3.29. The molecule has 0 spiro atoms. The number of oxazole rings is 1. The lowest BCUT2D eigenvalue weighted by atomic mass is 9.84. The summed E-state index contributed by atoms with van der Waals surface area (Å²) in [6, 6.07) is 11.4. The molecule has 9 heteroatoms. The smallest absolute Gasteiger partial charge is 0.416 e. The Bertz CT molecular complexity index is 1230. The van der Waals surface area contributed by atoms with E-state index in [0.29, 0.717) is 24.7 Å². The summed E-state index contributed by atoms with van der Waals surface area (Å²) in [7, 11) is 0. The number of hydrogen-bond acceptors (Lipinski definition) is 5. The number of carboxylic acid groups (broad SMARTS) is 1. The van der Waals surface area contributed by atoms with Crippen LogP contribution in [0.4, 0.5) is 13.2 Å². The second-order valence-corrected chi connectivity index (χ2v) is 10.5. The van der Waals surface area contributed by atoms with Crippen LogP contribution in [-0.2, 0) is 23.8 Å². The molecule has 1 aromatic heterocycles. The molecular formula is C30H34F3NO5. The van der Waals surface area contributed by atoms with E-state index in [1.807, 2.05) is 6.92 Å². The number of ether oxygens (including phenoxy) is 2.